The van der Waals surface area contributed by atoms with Crippen LogP contribution >= 0.6 is 11.6 Å². The largest absolute Gasteiger partial charge is 0.322 e. The van der Waals surface area contributed by atoms with Gasteiger partial charge in [0.25, 0.3) is 0 Å². The fourth-order valence-electron chi connectivity index (χ4n) is 5.28. The van der Waals surface area contributed by atoms with Crippen LogP contribution in [0.1, 0.15) is 29.7 Å². The molecule has 0 radical (unpaired) electrons. The quantitative estimate of drug-likeness (QED) is 0.393. The van der Waals surface area contributed by atoms with Gasteiger partial charge in [0.2, 0.25) is 0 Å². The molecule has 2 aromatic heterocycles. The summed E-state index contributed by atoms with van der Waals surface area (Å²) in [7, 11) is 0. The van der Waals surface area contributed by atoms with Crippen molar-refractivity contribution in [1.29, 1.82) is 0 Å². The number of aryl methyl sites for hydroxylation is 1. The molecular formula is C27H27ClN6O. The molecule has 178 valence electrons. The van der Waals surface area contributed by atoms with E-state index in [0.717, 1.165) is 76.6 Å². The molecule has 2 aromatic carbocycles. The minimum atomic E-state index is -0.0281. The molecule has 0 unspecified atom stereocenters. The normalized spacial score (nSPS) is 18.5. The Morgan fingerprint density at radius 1 is 1.14 bits per heavy atom. The summed E-state index contributed by atoms with van der Waals surface area (Å²) in [4.78, 5) is 21.8. The predicted molar refractivity (Wildman–Crippen MR) is 138 cm³/mol. The third-order valence-corrected chi connectivity index (χ3v) is 7.29. The summed E-state index contributed by atoms with van der Waals surface area (Å²) in [6, 6.07) is 16.4. The first-order chi connectivity index (χ1) is 17.0. The van der Waals surface area contributed by atoms with Crippen LogP contribution in [0.4, 0.5) is 10.5 Å². The Morgan fingerprint density at radius 2 is 2.00 bits per heavy atom. The number of nitrogens with zero attached hydrogens (tertiary/aromatic N) is 4. The van der Waals surface area contributed by atoms with Gasteiger partial charge in [0, 0.05) is 59.2 Å². The second-order valence-corrected chi connectivity index (χ2v) is 9.97. The molecule has 1 fully saturated rings. The van der Waals surface area contributed by atoms with Gasteiger partial charge in [0.15, 0.2) is 0 Å². The Kier molecular flexibility index (Phi) is 5.66. The highest BCUT2D eigenvalue weighted by atomic mass is 35.5. The number of fused-ring (bicyclic) bond motifs is 2. The summed E-state index contributed by atoms with van der Waals surface area (Å²) in [5, 5.41) is 12.6. The molecule has 4 aromatic rings. The number of halogens is 1. The second kappa shape index (κ2) is 8.98. The number of likely N-dealkylation sites (tertiary alicyclic amines) is 1. The van der Waals surface area contributed by atoms with Crippen molar-refractivity contribution in [3.8, 4) is 11.3 Å². The molecule has 7 nitrogen and oxygen atoms in total. The summed E-state index contributed by atoms with van der Waals surface area (Å²) in [5.41, 5.74) is 7.01. The van der Waals surface area contributed by atoms with Crippen LogP contribution in [0.25, 0.3) is 22.2 Å². The van der Waals surface area contributed by atoms with E-state index in [2.05, 4.69) is 43.6 Å². The number of amides is 2. The lowest BCUT2D eigenvalue weighted by atomic mass is 9.99. The van der Waals surface area contributed by atoms with Crippen LogP contribution in [0.5, 0.6) is 0 Å². The summed E-state index contributed by atoms with van der Waals surface area (Å²) < 4.78 is 0. The zero-order valence-electron chi connectivity index (χ0n) is 19.6. The topological polar surface area (TPSA) is 77.2 Å². The van der Waals surface area contributed by atoms with E-state index in [0.29, 0.717) is 6.54 Å². The van der Waals surface area contributed by atoms with Gasteiger partial charge < -0.3 is 10.2 Å². The maximum absolute atomic E-state index is 13.1. The van der Waals surface area contributed by atoms with Crippen molar-refractivity contribution >= 4 is 34.2 Å². The molecule has 0 aliphatic carbocycles. The fourth-order valence-corrected chi connectivity index (χ4v) is 5.41. The molecular weight excluding hydrogens is 460 g/mol. The van der Waals surface area contributed by atoms with Gasteiger partial charge in [-0.05, 0) is 73.8 Å². The number of piperidine rings is 1. The lowest BCUT2D eigenvalue weighted by Gasteiger charge is -2.41. The molecule has 2 aliphatic heterocycles. The molecule has 4 heterocycles. The Labute approximate surface area is 209 Å². The highest BCUT2D eigenvalue weighted by Gasteiger charge is 2.32. The first kappa shape index (κ1) is 22.1. The number of H-pyrrole nitrogens is 1. The number of hydrogen-bond donors (Lipinski definition) is 2. The highest BCUT2D eigenvalue weighted by Crippen LogP contribution is 2.34. The number of rotatable bonds is 4. The van der Waals surface area contributed by atoms with Crippen LogP contribution in [0, 0.1) is 6.92 Å². The van der Waals surface area contributed by atoms with Gasteiger partial charge in [-0.15, -0.1) is 0 Å². The van der Waals surface area contributed by atoms with Gasteiger partial charge in [-0.25, -0.2) is 4.79 Å². The zero-order chi connectivity index (χ0) is 23.9. The summed E-state index contributed by atoms with van der Waals surface area (Å²) in [6.07, 6.45) is 3.89. The van der Waals surface area contributed by atoms with E-state index in [-0.39, 0.29) is 12.1 Å². The zero-order valence-corrected chi connectivity index (χ0v) is 20.3. The van der Waals surface area contributed by atoms with Gasteiger partial charge in [0.1, 0.15) is 5.69 Å². The van der Waals surface area contributed by atoms with Crippen LogP contribution in [0.2, 0.25) is 5.02 Å². The van der Waals surface area contributed by atoms with E-state index in [1.54, 1.807) is 0 Å². The second-order valence-electron chi connectivity index (χ2n) is 9.53. The van der Waals surface area contributed by atoms with Crippen LogP contribution < -0.4 is 5.32 Å². The van der Waals surface area contributed by atoms with Crippen molar-refractivity contribution in [3.63, 3.8) is 0 Å². The fraction of sp³-hybridized carbons (Fsp3) is 0.296. The standard InChI is InChI=1S/C27H27ClN6O/c1-17-11-19(8-9-29-17)26-23-12-20-15-34(27(35)30-24(20)13-25(23)31-32-26)22-3-2-10-33(16-22)14-18-4-6-21(28)7-5-18/h4-9,11-13,22H,2-3,10,14-16H2,1H3,(H,30,35)(H,31,32)/t22-/m1/s1. The van der Waals surface area contributed by atoms with Gasteiger partial charge in [0.05, 0.1) is 5.52 Å². The average Bonchev–Trinajstić information content (AvgIpc) is 3.26. The van der Waals surface area contributed by atoms with Crippen LogP contribution in [0.15, 0.2) is 54.7 Å². The predicted octanol–water partition coefficient (Wildman–Crippen LogP) is 5.60. The number of anilines is 1. The number of urea groups is 1. The van der Waals surface area contributed by atoms with Crippen molar-refractivity contribution < 1.29 is 4.79 Å². The van der Waals surface area contributed by atoms with E-state index in [9.17, 15) is 4.79 Å². The minimum Gasteiger partial charge on any atom is -0.316 e. The van der Waals surface area contributed by atoms with Crippen LogP contribution in [0.3, 0.4) is 0 Å². The molecule has 0 saturated carbocycles. The molecule has 2 N–H and O–H groups in total. The first-order valence-corrected chi connectivity index (χ1v) is 12.4. The molecule has 0 spiro atoms. The maximum Gasteiger partial charge on any atom is 0.322 e. The maximum atomic E-state index is 13.1. The van der Waals surface area contributed by atoms with Gasteiger partial charge in [-0.2, -0.15) is 5.10 Å². The van der Waals surface area contributed by atoms with Crippen molar-refractivity contribution in [1.82, 2.24) is 25.0 Å². The third kappa shape index (κ3) is 4.37. The summed E-state index contributed by atoms with van der Waals surface area (Å²) in [5.74, 6) is 0. The van der Waals surface area contributed by atoms with E-state index in [4.69, 9.17) is 11.6 Å². The lowest BCUT2D eigenvalue weighted by Crippen LogP contribution is -2.52. The number of carbonyl (C=O) groups excluding carboxylic acids is 1. The number of benzene rings is 2. The highest BCUT2D eigenvalue weighted by molar-refractivity contribution is 6.30. The molecule has 2 amide bonds. The summed E-state index contributed by atoms with van der Waals surface area (Å²) in [6.45, 7) is 5.34. The van der Waals surface area contributed by atoms with E-state index in [1.165, 1.54) is 5.56 Å². The summed E-state index contributed by atoms with van der Waals surface area (Å²) >= 11 is 6.04. The van der Waals surface area contributed by atoms with Gasteiger partial charge >= 0.3 is 6.03 Å². The molecule has 8 heteroatoms. The van der Waals surface area contributed by atoms with Crippen molar-refractivity contribution in [3.05, 3.63) is 76.6 Å². The Bertz CT molecular complexity index is 1400. The Morgan fingerprint density at radius 3 is 2.83 bits per heavy atom. The third-order valence-electron chi connectivity index (χ3n) is 7.04. The van der Waals surface area contributed by atoms with E-state index < -0.39 is 0 Å². The average molecular weight is 487 g/mol. The van der Waals surface area contributed by atoms with Gasteiger partial charge in [-0.3, -0.25) is 15.0 Å². The van der Waals surface area contributed by atoms with Crippen LogP contribution in [-0.2, 0) is 13.1 Å². The Hall–Kier alpha value is -3.42. The van der Waals surface area contributed by atoms with Gasteiger partial charge in [-0.1, -0.05) is 23.7 Å². The number of pyridine rings is 1. The van der Waals surface area contributed by atoms with Crippen molar-refractivity contribution in [2.24, 2.45) is 0 Å². The Balaban J connectivity index is 1.24. The number of aromatic amines is 1. The van der Waals surface area contributed by atoms with Crippen LogP contribution in [-0.4, -0.2) is 50.1 Å². The number of nitrogens with one attached hydrogen (secondary N) is 2. The first-order valence-electron chi connectivity index (χ1n) is 12.0. The number of hydrogen-bond acceptors (Lipinski definition) is 4. The van der Waals surface area contributed by atoms with Crippen molar-refractivity contribution in [2.75, 3.05) is 18.4 Å². The molecule has 35 heavy (non-hydrogen) atoms. The monoisotopic (exact) mass is 486 g/mol. The molecule has 6 rings (SSSR count). The van der Waals surface area contributed by atoms with Crippen molar-refractivity contribution in [2.45, 2.75) is 38.9 Å². The van der Waals surface area contributed by atoms with E-state index in [1.807, 2.05) is 48.4 Å². The molecule has 0 bridgehead atoms. The SMILES string of the molecule is Cc1cc(-c2n[nH]c3cc4c(cc23)CN([C@@H]2CCCN(Cc3ccc(Cl)cc3)C2)C(=O)N4)ccn1. The molecule has 2 aliphatic rings. The number of carbonyl (C=O) groups is 1. The molecule has 1 atom stereocenters. The van der Waals surface area contributed by atoms with E-state index >= 15 is 0 Å². The smallest absolute Gasteiger partial charge is 0.316 e. The molecule has 1 saturated heterocycles. The minimum absolute atomic E-state index is 0.0281. The lowest BCUT2D eigenvalue weighted by molar-refractivity contribution is 0.108. The number of aromatic nitrogens is 3.